The van der Waals surface area contributed by atoms with Gasteiger partial charge in [-0.2, -0.15) is 5.10 Å². The van der Waals surface area contributed by atoms with Crippen LogP contribution < -0.4 is 0 Å². The molecule has 1 aromatic carbocycles. The number of rotatable bonds is 4. The lowest BCUT2D eigenvalue weighted by Gasteiger charge is -2.31. The van der Waals surface area contributed by atoms with Crippen molar-refractivity contribution in [3.63, 3.8) is 0 Å². The van der Waals surface area contributed by atoms with Gasteiger partial charge in [0, 0.05) is 5.56 Å². The molecule has 1 aromatic heterocycles. The van der Waals surface area contributed by atoms with E-state index >= 15 is 0 Å². The Bertz CT molecular complexity index is 564. The van der Waals surface area contributed by atoms with Crippen LogP contribution in [-0.4, -0.2) is 15.3 Å². The van der Waals surface area contributed by atoms with Crippen LogP contribution in [0.2, 0.25) is 0 Å². The zero-order valence-corrected chi connectivity index (χ0v) is 12.6. The number of hydrogen-bond acceptors (Lipinski definition) is 2. The van der Waals surface area contributed by atoms with Gasteiger partial charge in [-0.1, -0.05) is 56.5 Å². The molecular formula is C18H24N2O. The van der Waals surface area contributed by atoms with Crippen molar-refractivity contribution in [2.75, 3.05) is 0 Å². The largest absolute Gasteiger partial charge is 0.388 e. The Morgan fingerprint density at radius 3 is 2.86 bits per heavy atom. The summed E-state index contributed by atoms with van der Waals surface area (Å²) in [6.07, 6.45) is 7.42. The highest BCUT2D eigenvalue weighted by Crippen LogP contribution is 2.40. The highest BCUT2D eigenvalue weighted by atomic mass is 16.3. The molecule has 1 aliphatic rings. The minimum Gasteiger partial charge on any atom is -0.388 e. The molecule has 0 spiro atoms. The maximum atomic E-state index is 10.8. The van der Waals surface area contributed by atoms with Gasteiger partial charge in [0.05, 0.1) is 18.0 Å². The molecule has 0 amide bonds. The summed E-state index contributed by atoms with van der Waals surface area (Å²) in [6.45, 7) is 2.26. The first kappa shape index (κ1) is 14.3. The first-order chi connectivity index (χ1) is 10.3. The molecule has 3 atom stereocenters. The maximum absolute atomic E-state index is 10.8. The fourth-order valence-electron chi connectivity index (χ4n) is 3.60. The highest BCUT2D eigenvalue weighted by molar-refractivity contribution is 5.62. The van der Waals surface area contributed by atoms with E-state index in [1.807, 2.05) is 18.2 Å². The van der Waals surface area contributed by atoms with E-state index in [-0.39, 0.29) is 0 Å². The van der Waals surface area contributed by atoms with Crippen molar-refractivity contribution in [2.24, 2.45) is 11.8 Å². The smallest absolute Gasteiger partial charge is 0.0854 e. The summed E-state index contributed by atoms with van der Waals surface area (Å²) >= 11 is 0. The fraction of sp³-hybridized carbons (Fsp3) is 0.500. The first-order valence-corrected chi connectivity index (χ1v) is 8.06. The number of aromatic amines is 1. The standard InChI is InChI=1S/C18H24N2O/c1-2-13-7-6-10-15(11-13)18(21)16-12-19-20-17(16)14-8-4-3-5-9-14/h3-5,8-9,12-13,15,18,21H,2,6-7,10-11H2,1H3,(H,19,20). The van der Waals surface area contributed by atoms with Gasteiger partial charge in [-0.3, -0.25) is 5.10 Å². The van der Waals surface area contributed by atoms with Gasteiger partial charge >= 0.3 is 0 Å². The summed E-state index contributed by atoms with van der Waals surface area (Å²) in [4.78, 5) is 0. The van der Waals surface area contributed by atoms with Crippen molar-refractivity contribution < 1.29 is 5.11 Å². The summed E-state index contributed by atoms with van der Waals surface area (Å²) in [5, 5.41) is 18.1. The Hall–Kier alpha value is -1.61. The quantitative estimate of drug-likeness (QED) is 0.878. The molecule has 112 valence electrons. The number of benzene rings is 1. The van der Waals surface area contributed by atoms with Crippen LogP contribution in [0.1, 0.15) is 50.7 Å². The fourth-order valence-corrected chi connectivity index (χ4v) is 3.60. The Morgan fingerprint density at radius 2 is 2.10 bits per heavy atom. The zero-order chi connectivity index (χ0) is 14.7. The zero-order valence-electron chi connectivity index (χ0n) is 12.6. The summed E-state index contributed by atoms with van der Waals surface area (Å²) in [5.41, 5.74) is 3.00. The third kappa shape index (κ3) is 3.03. The lowest BCUT2D eigenvalue weighted by Crippen LogP contribution is -2.21. The van der Waals surface area contributed by atoms with Crippen molar-refractivity contribution in [1.29, 1.82) is 0 Å². The molecule has 3 rings (SSSR count). The molecule has 3 unspecified atom stereocenters. The topological polar surface area (TPSA) is 48.9 Å². The predicted molar refractivity (Wildman–Crippen MR) is 84.7 cm³/mol. The molecular weight excluding hydrogens is 260 g/mol. The summed E-state index contributed by atoms with van der Waals surface area (Å²) in [7, 11) is 0. The van der Waals surface area contributed by atoms with Crippen molar-refractivity contribution >= 4 is 0 Å². The monoisotopic (exact) mass is 284 g/mol. The van der Waals surface area contributed by atoms with E-state index in [9.17, 15) is 5.11 Å². The van der Waals surface area contributed by atoms with Crippen LogP contribution in [0, 0.1) is 11.8 Å². The van der Waals surface area contributed by atoms with Crippen molar-refractivity contribution in [3.8, 4) is 11.3 Å². The lowest BCUT2D eigenvalue weighted by molar-refractivity contribution is 0.0682. The van der Waals surface area contributed by atoms with Gasteiger partial charge in [-0.05, 0) is 30.2 Å². The minimum atomic E-state index is -0.409. The molecule has 1 saturated carbocycles. The maximum Gasteiger partial charge on any atom is 0.0854 e. The molecule has 0 aliphatic heterocycles. The molecule has 1 heterocycles. The molecule has 1 fully saturated rings. The number of aromatic nitrogens is 2. The van der Waals surface area contributed by atoms with E-state index in [4.69, 9.17) is 0 Å². The van der Waals surface area contributed by atoms with Gasteiger partial charge in [0.25, 0.3) is 0 Å². The average molecular weight is 284 g/mol. The molecule has 0 saturated heterocycles. The lowest BCUT2D eigenvalue weighted by atomic mass is 9.76. The van der Waals surface area contributed by atoms with Gasteiger partial charge in [-0.15, -0.1) is 0 Å². The van der Waals surface area contributed by atoms with E-state index in [1.54, 1.807) is 6.20 Å². The van der Waals surface area contributed by atoms with Gasteiger partial charge in [-0.25, -0.2) is 0 Å². The first-order valence-electron chi connectivity index (χ1n) is 8.06. The Morgan fingerprint density at radius 1 is 1.29 bits per heavy atom. The average Bonchev–Trinajstić information content (AvgIpc) is 3.04. The van der Waals surface area contributed by atoms with Crippen LogP contribution in [0.5, 0.6) is 0 Å². The number of aliphatic hydroxyl groups excluding tert-OH is 1. The molecule has 0 bridgehead atoms. The van der Waals surface area contributed by atoms with Crippen molar-refractivity contribution in [3.05, 3.63) is 42.1 Å². The van der Waals surface area contributed by atoms with Crippen LogP contribution in [0.15, 0.2) is 36.5 Å². The molecule has 2 N–H and O–H groups in total. The Kier molecular flexibility index (Phi) is 4.39. The van der Waals surface area contributed by atoms with Crippen LogP contribution >= 0.6 is 0 Å². The van der Waals surface area contributed by atoms with Crippen LogP contribution in [0.3, 0.4) is 0 Å². The van der Waals surface area contributed by atoms with Crippen LogP contribution in [-0.2, 0) is 0 Å². The second kappa shape index (κ2) is 6.44. The molecule has 3 heteroatoms. The van der Waals surface area contributed by atoms with E-state index in [2.05, 4.69) is 29.3 Å². The number of H-pyrrole nitrogens is 1. The number of nitrogens with zero attached hydrogens (tertiary/aromatic N) is 1. The third-order valence-corrected chi connectivity index (χ3v) is 4.90. The predicted octanol–water partition coefficient (Wildman–Crippen LogP) is 4.33. The molecule has 21 heavy (non-hydrogen) atoms. The van der Waals surface area contributed by atoms with E-state index < -0.39 is 6.10 Å². The SMILES string of the molecule is CCC1CCCC(C(O)c2cn[nH]c2-c2ccccc2)C1. The normalized spacial score (nSPS) is 23.9. The summed E-state index contributed by atoms with van der Waals surface area (Å²) in [6, 6.07) is 10.1. The number of aliphatic hydroxyl groups is 1. The second-order valence-electron chi connectivity index (χ2n) is 6.21. The van der Waals surface area contributed by atoms with Gasteiger partial charge < -0.3 is 5.11 Å². The Labute approximate surface area is 126 Å². The van der Waals surface area contributed by atoms with E-state index in [0.29, 0.717) is 5.92 Å². The number of hydrogen-bond donors (Lipinski definition) is 2. The van der Waals surface area contributed by atoms with Gasteiger partial charge in [0.2, 0.25) is 0 Å². The summed E-state index contributed by atoms with van der Waals surface area (Å²) in [5.74, 6) is 1.13. The molecule has 2 aromatic rings. The van der Waals surface area contributed by atoms with Crippen LogP contribution in [0.25, 0.3) is 11.3 Å². The highest BCUT2D eigenvalue weighted by Gasteiger charge is 2.29. The van der Waals surface area contributed by atoms with E-state index in [1.165, 1.54) is 19.3 Å². The molecule has 3 nitrogen and oxygen atoms in total. The van der Waals surface area contributed by atoms with E-state index in [0.717, 1.165) is 35.6 Å². The van der Waals surface area contributed by atoms with Gasteiger partial charge in [0.15, 0.2) is 0 Å². The second-order valence-corrected chi connectivity index (χ2v) is 6.21. The van der Waals surface area contributed by atoms with Gasteiger partial charge in [0.1, 0.15) is 0 Å². The number of nitrogens with one attached hydrogen (secondary N) is 1. The van der Waals surface area contributed by atoms with Crippen molar-refractivity contribution in [1.82, 2.24) is 10.2 Å². The minimum absolute atomic E-state index is 0.365. The molecule has 0 radical (unpaired) electrons. The third-order valence-electron chi connectivity index (χ3n) is 4.90. The summed E-state index contributed by atoms with van der Waals surface area (Å²) < 4.78 is 0. The molecule has 1 aliphatic carbocycles. The van der Waals surface area contributed by atoms with Crippen molar-refractivity contribution in [2.45, 2.75) is 45.1 Å². The Balaban J connectivity index is 1.82. The van der Waals surface area contributed by atoms with Crippen LogP contribution in [0.4, 0.5) is 0 Å².